The van der Waals surface area contributed by atoms with Crippen LogP contribution in [0.1, 0.15) is 18.4 Å². The molecule has 5 nitrogen and oxygen atoms in total. The Morgan fingerprint density at radius 3 is 3.07 bits per heavy atom. The van der Waals surface area contributed by atoms with Gasteiger partial charge in [-0.15, -0.1) is 0 Å². The minimum absolute atomic E-state index is 0.412. The topological polar surface area (TPSA) is 58.4 Å². The zero-order chi connectivity index (χ0) is 10.1. The van der Waals surface area contributed by atoms with Crippen LogP contribution in [0, 0.1) is 0 Å². The molecule has 0 bridgehead atoms. The van der Waals surface area contributed by atoms with Crippen LogP contribution < -0.4 is 0 Å². The van der Waals surface area contributed by atoms with Gasteiger partial charge in [0.25, 0.3) is 0 Å². The molecule has 0 fully saturated rings. The van der Waals surface area contributed by atoms with Gasteiger partial charge in [-0.25, -0.2) is 9.78 Å². The first kappa shape index (κ1) is 9.05. The molecule has 0 aromatic carbocycles. The van der Waals surface area contributed by atoms with E-state index in [9.17, 15) is 4.79 Å². The number of hydrogen-bond acceptors (Lipinski definition) is 2. The molecule has 1 aromatic heterocycles. The molecule has 1 aromatic rings. The smallest absolute Gasteiger partial charge is 0.407 e. The number of aromatic nitrogens is 2. The van der Waals surface area contributed by atoms with Gasteiger partial charge in [0.05, 0.1) is 6.54 Å². The molecule has 2 rings (SSSR count). The van der Waals surface area contributed by atoms with Crippen LogP contribution >= 0.6 is 0 Å². The van der Waals surface area contributed by atoms with Crippen LogP contribution in [0.5, 0.6) is 0 Å². The molecule has 2 heterocycles. The van der Waals surface area contributed by atoms with E-state index in [2.05, 4.69) is 16.5 Å². The molecule has 0 unspecified atom stereocenters. The lowest BCUT2D eigenvalue weighted by Crippen LogP contribution is -2.37. The van der Waals surface area contributed by atoms with Gasteiger partial charge in [0.15, 0.2) is 0 Å². The highest BCUT2D eigenvalue weighted by atomic mass is 16.4. The molecule has 0 aliphatic carbocycles. The Morgan fingerprint density at radius 1 is 1.64 bits per heavy atom. The van der Waals surface area contributed by atoms with Crippen molar-refractivity contribution in [2.45, 2.75) is 26.4 Å². The molecule has 5 heteroatoms. The predicted molar refractivity (Wildman–Crippen MR) is 50.0 cm³/mol. The van der Waals surface area contributed by atoms with Crippen molar-refractivity contribution in [2.24, 2.45) is 0 Å². The lowest BCUT2D eigenvalue weighted by atomic mass is 10.3. The summed E-state index contributed by atoms with van der Waals surface area (Å²) in [6.07, 6.45) is 1.91. The maximum Gasteiger partial charge on any atom is 0.407 e. The van der Waals surface area contributed by atoms with Gasteiger partial charge < -0.3 is 9.67 Å². The van der Waals surface area contributed by atoms with Crippen LogP contribution in [-0.2, 0) is 19.5 Å². The molecular formula is C9H13N3O2. The van der Waals surface area contributed by atoms with Gasteiger partial charge in [-0.05, 0) is 6.42 Å². The van der Waals surface area contributed by atoms with Gasteiger partial charge >= 0.3 is 6.09 Å². The Balaban J connectivity index is 2.24. The number of rotatable bonds is 1. The summed E-state index contributed by atoms with van der Waals surface area (Å²) in [7, 11) is 0. The Labute approximate surface area is 82.0 Å². The summed E-state index contributed by atoms with van der Waals surface area (Å²) in [5, 5.41) is 8.82. The molecule has 0 saturated carbocycles. The Bertz CT molecular complexity index is 359. The third kappa shape index (κ3) is 1.34. The number of amides is 1. The largest absolute Gasteiger partial charge is 0.465 e. The summed E-state index contributed by atoms with van der Waals surface area (Å²) < 4.78 is 2.11. The lowest BCUT2D eigenvalue weighted by molar-refractivity contribution is 0.131. The highest BCUT2D eigenvalue weighted by Gasteiger charge is 2.21. The Hall–Kier alpha value is -1.52. The van der Waals surface area contributed by atoms with Crippen molar-refractivity contribution in [3.05, 3.63) is 17.7 Å². The van der Waals surface area contributed by atoms with E-state index in [1.54, 1.807) is 0 Å². The van der Waals surface area contributed by atoms with Crippen molar-refractivity contribution in [1.29, 1.82) is 0 Å². The highest BCUT2D eigenvalue weighted by Crippen LogP contribution is 2.14. The fourth-order valence-electron chi connectivity index (χ4n) is 1.77. The maximum absolute atomic E-state index is 10.7. The van der Waals surface area contributed by atoms with Crippen molar-refractivity contribution < 1.29 is 9.90 Å². The monoisotopic (exact) mass is 195 g/mol. The van der Waals surface area contributed by atoms with Gasteiger partial charge in [-0.3, -0.25) is 4.90 Å². The molecule has 1 aliphatic heterocycles. The van der Waals surface area contributed by atoms with Crippen LogP contribution in [0.25, 0.3) is 0 Å². The zero-order valence-corrected chi connectivity index (χ0v) is 8.10. The second kappa shape index (κ2) is 3.32. The Kier molecular flexibility index (Phi) is 2.15. The van der Waals surface area contributed by atoms with Gasteiger partial charge in [-0.1, -0.05) is 6.92 Å². The van der Waals surface area contributed by atoms with Gasteiger partial charge in [0.2, 0.25) is 0 Å². The van der Waals surface area contributed by atoms with E-state index >= 15 is 0 Å². The van der Waals surface area contributed by atoms with E-state index in [1.165, 1.54) is 10.6 Å². The van der Waals surface area contributed by atoms with E-state index in [0.717, 1.165) is 18.8 Å². The summed E-state index contributed by atoms with van der Waals surface area (Å²) in [4.78, 5) is 16.3. The van der Waals surface area contributed by atoms with Crippen molar-refractivity contribution in [1.82, 2.24) is 14.5 Å². The number of carbonyl (C=O) groups is 1. The number of nitrogens with zero attached hydrogens (tertiary/aromatic N) is 3. The number of aryl methyl sites for hydroxylation is 1. The van der Waals surface area contributed by atoms with E-state index in [4.69, 9.17) is 5.11 Å². The molecule has 1 N–H and O–H groups in total. The molecule has 0 radical (unpaired) electrons. The van der Waals surface area contributed by atoms with Crippen molar-refractivity contribution in [2.75, 3.05) is 6.54 Å². The summed E-state index contributed by atoms with van der Waals surface area (Å²) in [5.74, 6) is 0.857. The fourth-order valence-corrected chi connectivity index (χ4v) is 1.77. The summed E-state index contributed by atoms with van der Waals surface area (Å²) in [6, 6.07) is 0. The minimum Gasteiger partial charge on any atom is -0.465 e. The first-order chi connectivity index (χ1) is 6.72. The summed E-state index contributed by atoms with van der Waals surface area (Å²) >= 11 is 0. The van der Waals surface area contributed by atoms with Crippen LogP contribution in [0.15, 0.2) is 6.20 Å². The molecule has 1 amide bonds. The molecule has 14 heavy (non-hydrogen) atoms. The third-order valence-corrected chi connectivity index (χ3v) is 2.58. The van der Waals surface area contributed by atoms with Crippen LogP contribution in [0.2, 0.25) is 0 Å². The normalized spacial score (nSPS) is 15.4. The minimum atomic E-state index is -0.864. The second-order valence-electron chi connectivity index (χ2n) is 3.38. The molecule has 0 saturated heterocycles. The standard InChI is InChI=1S/C9H13N3O2/c1-2-7-5-10-8-6-11(9(13)14)3-4-12(7)8/h5H,2-4,6H2,1H3,(H,13,14). The second-order valence-corrected chi connectivity index (χ2v) is 3.38. The first-order valence-corrected chi connectivity index (χ1v) is 4.73. The van der Waals surface area contributed by atoms with Crippen LogP contribution in [0.4, 0.5) is 4.79 Å². The van der Waals surface area contributed by atoms with Gasteiger partial charge in [-0.2, -0.15) is 0 Å². The average Bonchev–Trinajstić information content (AvgIpc) is 2.59. The Morgan fingerprint density at radius 2 is 2.43 bits per heavy atom. The van der Waals surface area contributed by atoms with E-state index in [1.807, 2.05) is 6.20 Å². The van der Waals surface area contributed by atoms with Gasteiger partial charge in [0, 0.05) is 25.0 Å². The number of carboxylic acid groups (broad SMARTS) is 1. The average molecular weight is 195 g/mol. The maximum atomic E-state index is 10.7. The summed E-state index contributed by atoms with van der Waals surface area (Å²) in [6.45, 7) is 3.78. The van der Waals surface area contributed by atoms with E-state index in [-0.39, 0.29) is 0 Å². The SMILES string of the molecule is CCc1cnc2n1CCN(C(=O)O)C2. The molecule has 1 aliphatic rings. The van der Waals surface area contributed by atoms with E-state index < -0.39 is 6.09 Å². The quantitative estimate of drug-likeness (QED) is 0.725. The van der Waals surface area contributed by atoms with Gasteiger partial charge in [0.1, 0.15) is 5.82 Å². The van der Waals surface area contributed by atoms with Crippen LogP contribution in [0.3, 0.4) is 0 Å². The molecule has 76 valence electrons. The van der Waals surface area contributed by atoms with Crippen molar-refractivity contribution in [3.8, 4) is 0 Å². The first-order valence-electron chi connectivity index (χ1n) is 4.73. The number of hydrogen-bond donors (Lipinski definition) is 1. The molecule has 0 atom stereocenters. The number of fused-ring (bicyclic) bond motifs is 1. The fraction of sp³-hybridized carbons (Fsp3) is 0.556. The molecular weight excluding hydrogens is 182 g/mol. The summed E-state index contributed by atoms with van der Waals surface area (Å²) in [5.41, 5.74) is 1.19. The molecule has 0 spiro atoms. The van der Waals surface area contributed by atoms with Crippen LogP contribution in [-0.4, -0.2) is 32.2 Å². The zero-order valence-electron chi connectivity index (χ0n) is 8.10. The predicted octanol–water partition coefficient (Wildman–Crippen LogP) is 0.939. The van der Waals surface area contributed by atoms with Crippen molar-refractivity contribution in [3.63, 3.8) is 0 Å². The highest BCUT2D eigenvalue weighted by molar-refractivity contribution is 5.65. The van der Waals surface area contributed by atoms with Crippen molar-refractivity contribution >= 4 is 6.09 Å². The third-order valence-electron chi connectivity index (χ3n) is 2.58. The lowest BCUT2D eigenvalue weighted by Gasteiger charge is -2.25. The van der Waals surface area contributed by atoms with E-state index in [0.29, 0.717) is 13.1 Å². The number of imidazole rings is 1.